The molecule has 0 amide bonds. The summed E-state index contributed by atoms with van der Waals surface area (Å²) in [4.78, 5) is 7.31. The lowest BCUT2D eigenvalue weighted by Crippen LogP contribution is -2.34. The summed E-state index contributed by atoms with van der Waals surface area (Å²) in [7, 11) is 0. The molecule has 2 aliphatic rings. The van der Waals surface area contributed by atoms with Crippen molar-refractivity contribution in [2.75, 3.05) is 13.1 Å². The van der Waals surface area contributed by atoms with Gasteiger partial charge in [-0.15, -0.1) is 0 Å². The minimum Gasteiger partial charge on any atom is -0.371 e. The zero-order chi connectivity index (χ0) is 33.3. The van der Waals surface area contributed by atoms with Gasteiger partial charge >= 0.3 is 0 Å². The van der Waals surface area contributed by atoms with Crippen LogP contribution in [0.3, 0.4) is 0 Å². The zero-order valence-corrected chi connectivity index (χ0v) is 30.5. The molecule has 2 fully saturated rings. The van der Waals surface area contributed by atoms with E-state index in [4.69, 9.17) is 4.99 Å². The Balaban J connectivity index is 0.000000752. The van der Waals surface area contributed by atoms with Crippen molar-refractivity contribution in [2.45, 2.75) is 127 Å². The summed E-state index contributed by atoms with van der Waals surface area (Å²) in [5, 5.41) is 0. The third-order valence-electron chi connectivity index (χ3n) is 8.67. The maximum Gasteiger partial charge on any atom is 0.0609 e. The number of benzene rings is 2. The molecule has 0 aromatic heterocycles. The topological polar surface area (TPSA) is 15.6 Å². The van der Waals surface area contributed by atoms with Crippen LogP contribution in [-0.2, 0) is 5.41 Å². The minimum absolute atomic E-state index is 0.158. The fourth-order valence-corrected chi connectivity index (χ4v) is 5.87. The number of likely N-dealkylation sites (tertiary alicyclic amines) is 1. The molecule has 0 spiro atoms. The summed E-state index contributed by atoms with van der Waals surface area (Å²) in [6.45, 7) is 33.9. The second kappa shape index (κ2) is 20.2. The van der Waals surface area contributed by atoms with Crippen molar-refractivity contribution in [1.82, 2.24) is 4.90 Å². The third kappa shape index (κ3) is 12.3. The Morgan fingerprint density at radius 2 is 1.36 bits per heavy atom. The first-order valence-corrected chi connectivity index (χ1v) is 17.5. The molecule has 0 atom stereocenters. The van der Waals surface area contributed by atoms with Gasteiger partial charge in [-0.05, 0) is 67.2 Å². The average molecular weight is 599 g/mol. The summed E-state index contributed by atoms with van der Waals surface area (Å²) in [5.41, 5.74) is 9.60. The SMILES string of the molecule is C=C(C)/C(=C/C)N=C(C)C1CCN(C(=C)c2ccccc2-c2ccc(C(C)(C)C)cc2)CC1.CC.CC.CC1CCCCC1. The van der Waals surface area contributed by atoms with Crippen LogP contribution in [-0.4, -0.2) is 23.7 Å². The molecule has 0 unspecified atom stereocenters. The van der Waals surface area contributed by atoms with Gasteiger partial charge < -0.3 is 4.90 Å². The van der Waals surface area contributed by atoms with Crippen molar-refractivity contribution in [3.05, 3.63) is 90.2 Å². The molecule has 2 aromatic rings. The summed E-state index contributed by atoms with van der Waals surface area (Å²) < 4.78 is 0. The van der Waals surface area contributed by atoms with E-state index in [0.717, 1.165) is 48.8 Å². The quantitative estimate of drug-likeness (QED) is 0.238. The van der Waals surface area contributed by atoms with Gasteiger partial charge in [-0.1, -0.05) is 155 Å². The molecular weight excluding hydrogens is 532 g/mol. The second-order valence-electron chi connectivity index (χ2n) is 13.0. The van der Waals surface area contributed by atoms with E-state index in [0.29, 0.717) is 5.92 Å². The van der Waals surface area contributed by atoms with Gasteiger partial charge in [-0.25, -0.2) is 0 Å². The molecule has 0 N–H and O–H groups in total. The zero-order valence-electron chi connectivity index (χ0n) is 30.5. The highest BCUT2D eigenvalue weighted by Crippen LogP contribution is 2.34. The van der Waals surface area contributed by atoms with Crippen LogP contribution in [0, 0.1) is 11.8 Å². The van der Waals surface area contributed by atoms with E-state index < -0.39 is 0 Å². The molecule has 2 aromatic carbocycles. The van der Waals surface area contributed by atoms with Crippen molar-refractivity contribution in [1.29, 1.82) is 0 Å². The van der Waals surface area contributed by atoms with Gasteiger partial charge in [0.25, 0.3) is 0 Å². The maximum atomic E-state index is 4.86. The lowest BCUT2D eigenvalue weighted by molar-refractivity contribution is 0.295. The lowest BCUT2D eigenvalue weighted by atomic mass is 9.85. The van der Waals surface area contributed by atoms with Gasteiger partial charge in [0.1, 0.15) is 0 Å². The molecule has 1 heterocycles. The smallest absolute Gasteiger partial charge is 0.0609 e. The summed E-state index contributed by atoms with van der Waals surface area (Å²) in [6, 6.07) is 17.7. The van der Waals surface area contributed by atoms with Crippen molar-refractivity contribution in [2.24, 2.45) is 16.8 Å². The normalized spacial score (nSPS) is 16.4. The largest absolute Gasteiger partial charge is 0.371 e. The van der Waals surface area contributed by atoms with Crippen molar-refractivity contribution in [3.8, 4) is 11.1 Å². The predicted octanol–water partition coefficient (Wildman–Crippen LogP) is 12.9. The Hall–Kier alpha value is -2.87. The summed E-state index contributed by atoms with van der Waals surface area (Å²) in [5.74, 6) is 1.55. The van der Waals surface area contributed by atoms with Gasteiger partial charge in [0.05, 0.1) is 5.70 Å². The second-order valence-corrected chi connectivity index (χ2v) is 13.0. The number of rotatable bonds is 6. The van der Waals surface area contributed by atoms with E-state index in [9.17, 15) is 0 Å². The van der Waals surface area contributed by atoms with Crippen LogP contribution < -0.4 is 0 Å². The van der Waals surface area contributed by atoms with Crippen molar-refractivity contribution < 1.29 is 0 Å². The van der Waals surface area contributed by atoms with Crippen molar-refractivity contribution in [3.63, 3.8) is 0 Å². The Labute approximate surface area is 273 Å². The summed E-state index contributed by atoms with van der Waals surface area (Å²) in [6.07, 6.45) is 11.7. The van der Waals surface area contributed by atoms with Crippen molar-refractivity contribution >= 4 is 11.4 Å². The standard InChI is InChI=1S/C31H40N2.C7H14.2C2H6/c1-9-30(22(2)3)32-23(4)25-18-20-33(21-19-25)24(5)28-12-10-11-13-29(28)26-14-16-27(17-15-26)31(6,7)8;1-7-5-3-2-4-6-7;2*1-2/h9-17,25H,2,5,18-21H2,1,3-4,6-8H3;7H,2-6H2,1H3;2*1-2H3/b30-9-,32-23?;;;. The van der Waals surface area contributed by atoms with Crippen LogP contribution in [0.2, 0.25) is 0 Å². The van der Waals surface area contributed by atoms with Crippen LogP contribution in [0.15, 0.2) is 84.0 Å². The molecule has 44 heavy (non-hydrogen) atoms. The number of piperidine rings is 1. The molecular formula is C42H66N2. The highest BCUT2D eigenvalue weighted by molar-refractivity contribution is 5.86. The fourth-order valence-electron chi connectivity index (χ4n) is 5.87. The molecule has 1 aliphatic carbocycles. The fraction of sp³-hybridized carbons (Fsp3) is 0.548. The molecule has 1 aliphatic heterocycles. The van der Waals surface area contributed by atoms with Crippen LogP contribution >= 0.6 is 0 Å². The first-order chi connectivity index (χ1) is 21.0. The van der Waals surface area contributed by atoms with E-state index in [1.54, 1.807) is 0 Å². The number of aliphatic imine (C=N–C) groups is 1. The lowest BCUT2D eigenvalue weighted by Gasteiger charge is -2.35. The Morgan fingerprint density at radius 1 is 0.818 bits per heavy atom. The molecule has 4 rings (SSSR count). The predicted molar refractivity (Wildman–Crippen MR) is 201 cm³/mol. The molecule has 1 saturated heterocycles. The van der Waals surface area contributed by atoms with E-state index >= 15 is 0 Å². The molecule has 0 bridgehead atoms. The highest BCUT2D eigenvalue weighted by atomic mass is 15.1. The van der Waals surface area contributed by atoms with Gasteiger partial charge in [-0.2, -0.15) is 0 Å². The third-order valence-corrected chi connectivity index (χ3v) is 8.67. The first kappa shape index (κ1) is 39.2. The number of hydrogen-bond acceptors (Lipinski definition) is 2. The van der Waals surface area contributed by atoms with Crippen LogP contribution in [0.25, 0.3) is 16.8 Å². The summed E-state index contributed by atoms with van der Waals surface area (Å²) >= 11 is 0. The number of allylic oxidation sites excluding steroid dienone is 2. The maximum absolute atomic E-state index is 4.86. The van der Waals surface area contributed by atoms with E-state index in [-0.39, 0.29) is 5.41 Å². The molecule has 0 radical (unpaired) electrons. The molecule has 2 heteroatoms. The minimum atomic E-state index is 0.158. The van der Waals surface area contributed by atoms with E-state index in [2.05, 4.69) is 101 Å². The van der Waals surface area contributed by atoms with Gasteiger partial charge in [0.15, 0.2) is 0 Å². The first-order valence-electron chi connectivity index (χ1n) is 17.5. The Kier molecular flexibility index (Phi) is 18.0. The monoisotopic (exact) mass is 599 g/mol. The number of hydrogen-bond donors (Lipinski definition) is 0. The molecule has 1 saturated carbocycles. The van der Waals surface area contributed by atoms with E-state index in [1.807, 2.05) is 47.6 Å². The molecule has 2 nitrogen and oxygen atoms in total. The average Bonchev–Trinajstić information content (AvgIpc) is 3.05. The van der Waals surface area contributed by atoms with Gasteiger partial charge in [0, 0.05) is 36.0 Å². The van der Waals surface area contributed by atoms with E-state index in [1.165, 1.54) is 60.1 Å². The van der Waals surface area contributed by atoms with Crippen LogP contribution in [0.1, 0.15) is 132 Å². The Bertz CT molecular complexity index is 1180. The Morgan fingerprint density at radius 3 is 1.82 bits per heavy atom. The van der Waals surface area contributed by atoms with Gasteiger partial charge in [-0.3, -0.25) is 4.99 Å². The van der Waals surface area contributed by atoms with Gasteiger partial charge in [0.2, 0.25) is 0 Å². The van der Waals surface area contributed by atoms with Crippen LogP contribution in [0.4, 0.5) is 0 Å². The van der Waals surface area contributed by atoms with Crippen LogP contribution in [0.5, 0.6) is 0 Å². The number of nitrogens with zero attached hydrogens (tertiary/aromatic N) is 2. The molecule has 244 valence electrons. The highest BCUT2D eigenvalue weighted by Gasteiger charge is 2.24.